The van der Waals surface area contributed by atoms with Gasteiger partial charge in [-0.05, 0) is 41.8 Å². The average Bonchev–Trinajstić information content (AvgIpc) is 2.49. The van der Waals surface area contributed by atoms with Gasteiger partial charge in [0, 0.05) is 16.6 Å². The Morgan fingerprint density at radius 3 is 2.25 bits per heavy atom. The maximum Gasteiger partial charge on any atom is 0.265 e. The zero-order valence-corrected chi connectivity index (χ0v) is 11.6. The molecule has 0 aliphatic rings. The van der Waals surface area contributed by atoms with Crippen molar-refractivity contribution >= 4 is 17.5 Å². The van der Waals surface area contributed by atoms with Crippen molar-refractivity contribution < 1.29 is 4.79 Å². The second kappa shape index (κ2) is 6.52. The van der Waals surface area contributed by atoms with Crippen molar-refractivity contribution in [1.82, 2.24) is 5.43 Å². The number of hydrogen-bond acceptors (Lipinski definition) is 3. The van der Waals surface area contributed by atoms with Crippen LogP contribution in [-0.4, -0.2) is 5.91 Å². The van der Waals surface area contributed by atoms with Crippen LogP contribution in [0.2, 0.25) is 5.02 Å². The summed E-state index contributed by atoms with van der Waals surface area (Å²) in [6, 6.07) is 14.6. The van der Waals surface area contributed by atoms with Crippen molar-refractivity contribution in [3.8, 4) is 0 Å². The molecule has 2 rings (SSSR count). The Balaban J connectivity index is 2.07. The molecule has 0 fully saturated rings. The van der Waals surface area contributed by atoms with Crippen molar-refractivity contribution in [3.63, 3.8) is 0 Å². The molecule has 4 nitrogen and oxygen atoms in total. The van der Waals surface area contributed by atoms with Gasteiger partial charge in [-0.1, -0.05) is 35.9 Å². The van der Waals surface area contributed by atoms with E-state index in [1.165, 1.54) is 0 Å². The van der Waals surface area contributed by atoms with E-state index in [4.69, 9.17) is 23.2 Å². The molecule has 0 spiro atoms. The van der Waals surface area contributed by atoms with Gasteiger partial charge in [-0.15, -0.1) is 0 Å². The van der Waals surface area contributed by atoms with E-state index in [2.05, 4.69) is 5.43 Å². The fourth-order valence-corrected chi connectivity index (χ4v) is 2.08. The molecule has 0 saturated heterocycles. The number of rotatable bonds is 4. The Morgan fingerprint density at radius 1 is 1.10 bits per heavy atom. The van der Waals surface area contributed by atoms with Crippen LogP contribution in [0.25, 0.3) is 0 Å². The predicted molar refractivity (Wildman–Crippen MR) is 80.2 cm³/mol. The molecule has 20 heavy (non-hydrogen) atoms. The van der Waals surface area contributed by atoms with Crippen LogP contribution in [0.5, 0.6) is 0 Å². The molecule has 104 valence electrons. The third-order valence-corrected chi connectivity index (χ3v) is 3.35. The number of carbonyl (C=O) groups excluding carboxylic acids is 1. The lowest BCUT2D eigenvalue weighted by atomic mass is 9.99. The largest absolute Gasteiger partial charge is 0.324 e. The van der Waals surface area contributed by atoms with Crippen LogP contribution < -0.4 is 17.0 Å². The highest BCUT2D eigenvalue weighted by atomic mass is 35.5. The van der Waals surface area contributed by atoms with E-state index in [1.54, 1.807) is 12.1 Å². The minimum absolute atomic E-state index is 0.133. The number of nitrogens with one attached hydrogen (secondary N) is 1. The molecular weight excluding hydrogens is 274 g/mol. The first-order chi connectivity index (χ1) is 9.60. The Hall–Kier alpha value is -1.88. The fourth-order valence-electron chi connectivity index (χ4n) is 1.96. The molecule has 1 unspecified atom stereocenters. The Bertz CT molecular complexity index is 581. The number of hydrogen-bond donors (Lipinski definition) is 3. The molecule has 0 aromatic heterocycles. The quantitative estimate of drug-likeness (QED) is 0.458. The number of amides is 1. The summed E-state index contributed by atoms with van der Waals surface area (Å²) >= 11 is 5.85. The Labute approximate surface area is 122 Å². The molecule has 0 saturated carbocycles. The molecule has 0 heterocycles. The molecule has 5 N–H and O–H groups in total. The standard InChI is InChI=1S/C15H16ClN3O/c16-13-7-1-10(2-8-13)9-14(17)11-3-5-12(6-4-11)15(20)19-18/h1-8,14H,9,17-18H2,(H,19,20). The minimum atomic E-state index is -0.317. The molecule has 2 aromatic rings. The van der Waals surface area contributed by atoms with Gasteiger partial charge < -0.3 is 5.73 Å². The van der Waals surface area contributed by atoms with Gasteiger partial charge in [-0.2, -0.15) is 0 Å². The summed E-state index contributed by atoms with van der Waals surface area (Å²) in [6.07, 6.45) is 0.708. The van der Waals surface area contributed by atoms with Crippen LogP contribution in [0.4, 0.5) is 0 Å². The van der Waals surface area contributed by atoms with Gasteiger partial charge in [0.15, 0.2) is 0 Å². The summed E-state index contributed by atoms with van der Waals surface area (Å²) in [5, 5.41) is 0.708. The number of hydrazine groups is 1. The summed E-state index contributed by atoms with van der Waals surface area (Å²) in [6.45, 7) is 0. The Morgan fingerprint density at radius 2 is 1.70 bits per heavy atom. The molecule has 5 heteroatoms. The van der Waals surface area contributed by atoms with Gasteiger partial charge in [-0.25, -0.2) is 5.84 Å². The van der Waals surface area contributed by atoms with Crippen molar-refractivity contribution in [1.29, 1.82) is 0 Å². The third-order valence-electron chi connectivity index (χ3n) is 3.10. The molecule has 0 aliphatic carbocycles. The Kier molecular flexibility index (Phi) is 4.74. The monoisotopic (exact) mass is 289 g/mol. The first-order valence-electron chi connectivity index (χ1n) is 6.21. The molecule has 0 bridgehead atoms. The van der Waals surface area contributed by atoms with Crippen LogP contribution in [0.3, 0.4) is 0 Å². The molecule has 0 radical (unpaired) electrons. The maximum absolute atomic E-state index is 11.3. The molecular formula is C15H16ClN3O. The van der Waals surface area contributed by atoms with Gasteiger partial charge >= 0.3 is 0 Å². The summed E-state index contributed by atoms with van der Waals surface area (Å²) in [5.74, 6) is 4.76. The van der Waals surface area contributed by atoms with Gasteiger partial charge in [0.05, 0.1) is 0 Å². The summed E-state index contributed by atoms with van der Waals surface area (Å²) in [4.78, 5) is 11.3. The van der Waals surface area contributed by atoms with Gasteiger partial charge in [0.2, 0.25) is 0 Å². The van der Waals surface area contributed by atoms with E-state index in [9.17, 15) is 4.79 Å². The van der Waals surface area contributed by atoms with Gasteiger partial charge in [0.1, 0.15) is 0 Å². The smallest absolute Gasteiger partial charge is 0.265 e. The fraction of sp³-hybridized carbons (Fsp3) is 0.133. The molecule has 2 aromatic carbocycles. The van der Waals surface area contributed by atoms with Crippen molar-refractivity contribution in [2.45, 2.75) is 12.5 Å². The first-order valence-corrected chi connectivity index (χ1v) is 6.59. The van der Waals surface area contributed by atoms with E-state index in [1.807, 2.05) is 36.4 Å². The van der Waals surface area contributed by atoms with E-state index >= 15 is 0 Å². The third kappa shape index (κ3) is 3.57. The topological polar surface area (TPSA) is 81.1 Å². The number of carbonyl (C=O) groups is 1. The zero-order chi connectivity index (χ0) is 14.5. The highest BCUT2D eigenvalue weighted by Gasteiger charge is 2.09. The second-order valence-electron chi connectivity index (χ2n) is 4.53. The SMILES string of the molecule is NNC(=O)c1ccc(C(N)Cc2ccc(Cl)cc2)cc1. The predicted octanol–water partition coefficient (Wildman–Crippen LogP) is 2.19. The second-order valence-corrected chi connectivity index (χ2v) is 4.97. The lowest BCUT2D eigenvalue weighted by molar-refractivity contribution is 0.0953. The van der Waals surface area contributed by atoms with Crippen molar-refractivity contribution in [2.75, 3.05) is 0 Å². The molecule has 0 aliphatic heterocycles. The lowest BCUT2D eigenvalue weighted by Gasteiger charge is -2.12. The van der Waals surface area contributed by atoms with E-state index < -0.39 is 0 Å². The number of nitrogen functional groups attached to an aromatic ring is 1. The number of halogens is 1. The normalized spacial score (nSPS) is 11.9. The lowest BCUT2D eigenvalue weighted by Crippen LogP contribution is -2.29. The van der Waals surface area contributed by atoms with Crippen molar-refractivity contribution in [3.05, 3.63) is 70.2 Å². The summed E-state index contributed by atoms with van der Waals surface area (Å²) < 4.78 is 0. The molecule has 1 atom stereocenters. The van der Waals surface area contributed by atoms with Crippen LogP contribution in [0, 0.1) is 0 Å². The highest BCUT2D eigenvalue weighted by molar-refractivity contribution is 6.30. The molecule has 1 amide bonds. The van der Waals surface area contributed by atoms with E-state index in [0.717, 1.165) is 11.1 Å². The van der Waals surface area contributed by atoms with E-state index in [-0.39, 0.29) is 11.9 Å². The zero-order valence-electron chi connectivity index (χ0n) is 10.8. The van der Waals surface area contributed by atoms with Crippen LogP contribution >= 0.6 is 11.6 Å². The van der Waals surface area contributed by atoms with Crippen LogP contribution in [-0.2, 0) is 6.42 Å². The van der Waals surface area contributed by atoms with Crippen LogP contribution in [0.15, 0.2) is 48.5 Å². The summed E-state index contributed by atoms with van der Waals surface area (Å²) in [7, 11) is 0. The van der Waals surface area contributed by atoms with Gasteiger partial charge in [-0.3, -0.25) is 10.2 Å². The van der Waals surface area contributed by atoms with Crippen LogP contribution in [0.1, 0.15) is 27.5 Å². The first kappa shape index (κ1) is 14.5. The highest BCUT2D eigenvalue weighted by Crippen LogP contribution is 2.18. The number of benzene rings is 2. The van der Waals surface area contributed by atoms with Crippen molar-refractivity contribution in [2.24, 2.45) is 11.6 Å². The number of nitrogens with two attached hydrogens (primary N) is 2. The van der Waals surface area contributed by atoms with E-state index in [0.29, 0.717) is 17.0 Å². The van der Waals surface area contributed by atoms with Gasteiger partial charge in [0.25, 0.3) is 5.91 Å². The average molecular weight is 290 g/mol. The minimum Gasteiger partial charge on any atom is -0.324 e. The summed E-state index contributed by atoms with van der Waals surface area (Å²) in [5.41, 5.74) is 10.8. The maximum atomic E-state index is 11.3.